The zero-order valence-corrected chi connectivity index (χ0v) is 15.2. The minimum Gasteiger partial charge on any atom is -0.448 e. The predicted octanol–water partition coefficient (Wildman–Crippen LogP) is 3.42. The van der Waals surface area contributed by atoms with E-state index in [1.807, 2.05) is 22.8 Å². The third-order valence-corrected chi connectivity index (χ3v) is 5.07. The first-order valence-corrected chi connectivity index (χ1v) is 9.33. The van der Waals surface area contributed by atoms with Crippen molar-refractivity contribution >= 4 is 17.0 Å². The summed E-state index contributed by atoms with van der Waals surface area (Å²) >= 11 is 0. The van der Waals surface area contributed by atoms with Gasteiger partial charge in [0.1, 0.15) is 5.69 Å². The molecule has 2 aromatic heterocycles. The van der Waals surface area contributed by atoms with Crippen molar-refractivity contribution in [3.8, 4) is 0 Å². The fourth-order valence-electron chi connectivity index (χ4n) is 3.74. The molecular formula is C21H25N3O2. The van der Waals surface area contributed by atoms with Crippen LogP contribution in [0.5, 0.6) is 0 Å². The number of hydrogen-bond donors (Lipinski definition) is 1. The summed E-state index contributed by atoms with van der Waals surface area (Å²) in [7, 11) is 0. The Hall–Kier alpha value is -2.53. The zero-order chi connectivity index (χ0) is 17.9. The molecule has 1 aromatic carbocycles. The van der Waals surface area contributed by atoms with Gasteiger partial charge in [-0.3, -0.25) is 4.79 Å². The highest BCUT2D eigenvalue weighted by molar-refractivity contribution is 5.97. The second-order valence-corrected chi connectivity index (χ2v) is 7.09. The van der Waals surface area contributed by atoms with Crippen LogP contribution >= 0.6 is 0 Å². The summed E-state index contributed by atoms with van der Waals surface area (Å²) in [5.41, 5.74) is 3.77. The van der Waals surface area contributed by atoms with E-state index in [0.717, 1.165) is 36.3 Å². The summed E-state index contributed by atoms with van der Waals surface area (Å²) < 4.78 is 7.61. The third kappa shape index (κ3) is 3.53. The van der Waals surface area contributed by atoms with E-state index in [1.54, 1.807) is 6.26 Å². The fourth-order valence-corrected chi connectivity index (χ4v) is 3.74. The topological polar surface area (TPSA) is 50.4 Å². The van der Waals surface area contributed by atoms with E-state index in [9.17, 15) is 4.79 Å². The molecule has 136 valence electrons. The van der Waals surface area contributed by atoms with Gasteiger partial charge < -0.3 is 19.2 Å². The van der Waals surface area contributed by atoms with Crippen LogP contribution in [0.15, 0.2) is 47.1 Å². The van der Waals surface area contributed by atoms with E-state index < -0.39 is 0 Å². The van der Waals surface area contributed by atoms with Gasteiger partial charge in [-0.05, 0) is 50.6 Å². The van der Waals surface area contributed by atoms with E-state index in [2.05, 4.69) is 35.3 Å². The van der Waals surface area contributed by atoms with E-state index in [-0.39, 0.29) is 5.91 Å². The molecule has 0 spiro atoms. The van der Waals surface area contributed by atoms with Crippen LogP contribution in [0.2, 0.25) is 0 Å². The maximum Gasteiger partial charge on any atom is 0.268 e. The number of aromatic nitrogens is 1. The highest BCUT2D eigenvalue weighted by atomic mass is 16.3. The predicted molar refractivity (Wildman–Crippen MR) is 102 cm³/mol. The van der Waals surface area contributed by atoms with Gasteiger partial charge in [-0.1, -0.05) is 29.8 Å². The molecule has 1 N–H and O–H groups in total. The molecular weight excluding hydrogens is 326 g/mol. The first-order valence-electron chi connectivity index (χ1n) is 9.33. The molecule has 0 unspecified atom stereocenters. The normalized spacial score (nSPS) is 15.0. The van der Waals surface area contributed by atoms with Crippen LogP contribution in [0.4, 0.5) is 0 Å². The number of amides is 1. The average molecular weight is 351 g/mol. The van der Waals surface area contributed by atoms with Crippen LogP contribution in [0, 0.1) is 6.92 Å². The maximum absolute atomic E-state index is 12.8. The van der Waals surface area contributed by atoms with Gasteiger partial charge in [0.15, 0.2) is 0 Å². The lowest BCUT2D eigenvalue weighted by atomic mass is 10.1. The molecule has 1 amide bonds. The van der Waals surface area contributed by atoms with Crippen molar-refractivity contribution in [2.45, 2.75) is 26.3 Å². The fraction of sp³-hybridized carbons (Fsp3) is 0.381. The molecule has 5 heteroatoms. The van der Waals surface area contributed by atoms with Crippen molar-refractivity contribution in [1.29, 1.82) is 0 Å². The standard InChI is InChI=1S/C21H25N3O2/c1-16-5-4-6-17(13-16)15-24-19(14-18-7-12-26-21(18)24)20(25)22-8-11-23-9-2-3-10-23/h4-7,12-14H,2-3,8-11,15H2,1H3,(H,22,25). The number of benzene rings is 1. The maximum atomic E-state index is 12.8. The minimum absolute atomic E-state index is 0.0387. The second-order valence-electron chi connectivity index (χ2n) is 7.09. The van der Waals surface area contributed by atoms with E-state index >= 15 is 0 Å². The Labute approximate surface area is 153 Å². The first kappa shape index (κ1) is 16.9. The molecule has 0 aliphatic carbocycles. The van der Waals surface area contributed by atoms with Crippen molar-refractivity contribution in [3.63, 3.8) is 0 Å². The number of fused-ring (bicyclic) bond motifs is 1. The first-order chi connectivity index (χ1) is 12.7. The Balaban J connectivity index is 1.52. The summed E-state index contributed by atoms with van der Waals surface area (Å²) in [4.78, 5) is 15.2. The summed E-state index contributed by atoms with van der Waals surface area (Å²) in [6.07, 6.45) is 4.21. The molecule has 3 aromatic rings. The lowest BCUT2D eigenvalue weighted by Crippen LogP contribution is -2.34. The molecule has 1 fully saturated rings. The molecule has 4 rings (SSSR count). The summed E-state index contributed by atoms with van der Waals surface area (Å²) in [5.74, 6) is -0.0387. The van der Waals surface area contributed by atoms with Gasteiger partial charge in [-0.25, -0.2) is 0 Å². The molecule has 3 heterocycles. The number of rotatable bonds is 6. The van der Waals surface area contributed by atoms with Gasteiger partial charge in [0.2, 0.25) is 5.71 Å². The molecule has 0 saturated carbocycles. The molecule has 0 atom stereocenters. The minimum atomic E-state index is -0.0387. The van der Waals surface area contributed by atoms with Crippen LogP contribution in [-0.4, -0.2) is 41.6 Å². The van der Waals surface area contributed by atoms with Crippen molar-refractivity contribution in [2.75, 3.05) is 26.2 Å². The van der Waals surface area contributed by atoms with E-state index in [1.165, 1.54) is 18.4 Å². The van der Waals surface area contributed by atoms with Gasteiger partial charge >= 0.3 is 0 Å². The van der Waals surface area contributed by atoms with Crippen LogP contribution in [0.3, 0.4) is 0 Å². The monoisotopic (exact) mass is 351 g/mol. The largest absolute Gasteiger partial charge is 0.448 e. The number of hydrogen-bond acceptors (Lipinski definition) is 3. The van der Waals surface area contributed by atoms with Crippen molar-refractivity contribution in [1.82, 2.24) is 14.8 Å². The van der Waals surface area contributed by atoms with E-state index in [0.29, 0.717) is 18.8 Å². The van der Waals surface area contributed by atoms with Gasteiger partial charge in [-0.15, -0.1) is 0 Å². The summed E-state index contributed by atoms with van der Waals surface area (Å²) in [6, 6.07) is 12.2. The SMILES string of the molecule is Cc1cccc(Cn2c(C(=O)NCCN3CCCC3)cc3ccoc32)c1. The molecule has 5 nitrogen and oxygen atoms in total. The van der Waals surface area contributed by atoms with Crippen LogP contribution in [0.25, 0.3) is 11.1 Å². The molecule has 1 saturated heterocycles. The lowest BCUT2D eigenvalue weighted by molar-refractivity contribution is 0.0941. The number of likely N-dealkylation sites (tertiary alicyclic amines) is 1. The summed E-state index contributed by atoms with van der Waals surface area (Å²) in [5, 5.41) is 4.03. The number of furan rings is 1. The Kier molecular flexibility index (Phi) is 4.80. The smallest absolute Gasteiger partial charge is 0.268 e. The molecule has 26 heavy (non-hydrogen) atoms. The Bertz CT molecular complexity index is 903. The van der Waals surface area contributed by atoms with E-state index in [4.69, 9.17) is 4.42 Å². The van der Waals surface area contributed by atoms with Crippen molar-refractivity contribution < 1.29 is 9.21 Å². The highest BCUT2D eigenvalue weighted by Gasteiger charge is 2.18. The van der Waals surface area contributed by atoms with Crippen molar-refractivity contribution in [3.05, 3.63) is 59.5 Å². The number of carbonyl (C=O) groups excluding carboxylic acids is 1. The number of carbonyl (C=O) groups is 1. The quantitative estimate of drug-likeness (QED) is 0.740. The van der Waals surface area contributed by atoms with Crippen molar-refractivity contribution in [2.24, 2.45) is 0 Å². The lowest BCUT2D eigenvalue weighted by Gasteiger charge is -2.15. The van der Waals surface area contributed by atoms with Gasteiger partial charge in [0, 0.05) is 18.5 Å². The Morgan fingerprint density at radius 2 is 2.04 bits per heavy atom. The third-order valence-electron chi connectivity index (χ3n) is 5.07. The van der Waals surface area contributed by atoms with Gasteiger partial charge in [0.25, 0.3) is 5.91 Å². The molecule has 0 bridgehead atoms. The van der Waals surface area contributed by atoms with Gasteiger partial charge in [0.05, 0.1) is 12.8 Å². The number of nitrogens with one attached hydrogen (secondary N) is 1. The zero-order valence-electron chi connectivity index (χ0n) is 15.2. The molecule has 1 aliphatic rings. The van der Waals surface area contributed by atoms with Crippen LogP contribution < -0.4 is 5.32 Å². The summed E-state index contributed by atoms with van der Waals surface area (Å²) in [6.45, 7) is 6.58. The number of nitrogens with zero attached hydrogens (tertiary/aromatic N) is 2. The number of aryl methyl sites for hydroxylation is 1. The molecule has 1 aliphatic heterocycles. The Morgan fingerprint density at radius 3 is 2.85 bits per heavy atom. The van der Waals surface area contributed by atoms with Crippen LogP contribution in [-0.2, 0) is 6.54 Å². The average Bonchev–Trinajstić information content (AvgIpc) is 3.34. The highest BCUT2D eigenvalue weighted by Crippen LogP contribution is 2.23. The molecule has 0 radical (unpaired) electrons. The van der Waals surface area contributed by atoms with Gasteiger partial charge in [-0.2, -0.15) is 0 Å². The van der Waals surface area contributed by atoms with Crippen LogP contribution in [0.1, 0.15) is 34.5 Å². The second kappa shape index (κ2) is 7.38. The Morgan fingerprint density at radius 1 is 1.19 bits per heavy atom.